The van der Waals surface area contributed by atoms with Crippen LogP contribution in [0.5, 0.6) is 0 Å². The second-order valence-electron chi connectivity index (χ2n) is 6.38. The van der Waals surface area contributed by atoms with E-state index >= 15 is 0 Å². The van der Waals surface area contributed by atoms with Gasteiger partial charge in [-0.05, 0) is 16.7 Å². The Balaban J connectivity index is 1.63. The lowest BCUT2D eigenvalue weighted by Crippen LogP contribution is -2.39. The van der Waals surface area contributed by atoms with Gasteiger partial charge in [0.1, 0.15) is 19.3 Å². The van der Waals surface area contributed by atoms with Crippen molar-refractivity contribution in [3.63, 3.8) is 0 Å². The molecule has 0 saturated carbocycles. The van der Waals surface area contributed by atoms with E-state index in [1.807, 2.05) is 66.7 Å². The summed E-state index contributed by atoms with van der Waals surface area (Å²) < 4.78 is 10.7. The first-order chi connectivity index (χ1) is 13.7. The molecule has 1 amide bonds. The Morgan fingerprint density at radius 3 is 2.11 bits per heavy atom. The fourth-order valence-corrected chi connectivity index (χ4v) is 2.90. The van der Waals surface area contributed by atoms with Crippen LogP contribution in [0.25, 0.3) is 0 Å². The second-order valence-corrected chi connectivity index (χ2v) is 6.38. The van der Waals surface area contributed by atoms with Crippen LogP contribution in [-0.2, 0) is 27.5 Å². The van der Waals surface area contributed by atoms with Gasteiger partial charge in [0.15, 0.2) is 0 Å². The molecular formula is C22H20N2O4. The summed E-state index contributed by atoms with van der Waals surface area (Å²) in [4.78, 5) is 26.3. The fourth-order valence-electron chi connectivity index (χ4n) is 2.90. The number of amides is 1. The maximum absolute atomic E-state index is 12.6. The first-order valence-corrected chi connectivity index (χ1v) is 8.93. The maximum atomic E-state index is 12.6. The number of nitrogens with zero attached hydrogens (tertiary/aromatic N) is 2. The molecule has 0 N–H and O–H groups in total. The lowest BCUT2D eigenvalue weighted by atomic mass is 10.1. The lowest BCUT2D eigenvalue weighted by Gasteiger charge is -2.21. The van der Waals surface area contributed by atoms with Crippen LogP contribution in [0.3, 0.4) is 0 Å². The number of esters is 1. The van der Waals surface area contributed by atoms with Gasteiger partial charge in [0, 0.05) is 12.6 Å². The average Bonchev–Trinajstić information content (AvgIpc) is 3.16. The summed E-state index contributed by atoms with van der Waals surface area (Å²) in [6, 6.07) is 19.8. The van der Waals surface area contributed by atoms with E-state index in [4.69, 9.17) is 14.7 Å². The van der Waals surface area contributed by atoms with Crippen LogP contribution in [0.4, 0.5) is 4.79 Å². The van der Waals surface area contributed by atoms with Gasteiger partial charge >= 0.3 is 12.1 Å². The Labute approximate surface area is 163 Å². The molecule has 2 aromatic carbocycles. The molecule has 0 aliphatic carbocycles. The first-order valence-electron chi connectivity index (χ1n) is 8.93. The zero-order valence-electron chi connectivity index (χ0n) is 15.3. The quantitative estimate of drug-likeness (QED) is 0.714. The van der Waals surface area contributed by atoms with Gasteiger partial charge < -0.3 is 9.47 Å². The molecule has 0 bridgehead atoms. The van der Waals surface area contributed by atoms with Crippen molar-refractivity contribution in [1.82, 2.24) is 4.90 Å². The van der Waals surface area contributed by atoms with Crippen LogP contribution >= 0.6 is 0 Å². The minimum absolute atomic E-state index is 0.101. The van der Waals surface area contributed by atoms with E-state index in [1.165, 1.54) is 11.1 Å². The third kappa shape index (κ3) is 4.98. The van der Waals surface area contributed by atoms with Crippen molar-refractivity contribution >= 4 is 12.1 Å². The normalized spacial score (nSPS) is 15.5. The molecule has 0 saturated heterocycles. The smallest absolute Gasteiger partial charge is 0.414 e. The minimum Gasteiger partial charge on any atom is -0.459 e. The number of rotatable bonds is 6. The molecule has 0 fully saturated rings. The third-order valence-corrected chi connectivity index (χ3v) is 4.33. The average molecular weight is 376 g/mol. The van der Waals surface area contributed by atoms with Crippen molar-refractivity contribution in [3.8, 4) is 6.07 Å². The largest absolute Gasteiger partial charge is 0.459 e. The Morgan fingerprint density at radius 2 is 1.54 bits per heavy atom. The van der Waals surface area contributed by atoms with Crippen LogP contribution in [0.1, 0.15) is 24.0 Å². The van der Waals surface area contributed by atoms with Gasteiger partial charge in [-0.15, -0.1) is 0 Å². The zero-order valence-corrected chi connectivity index (χ0v) is 15.3. The number of hydrogen-bond acceptors (Lipinski definition) is 5. The molecule has 3 rings (SSSR count). The van der Waals surface area contributed by atoms with Gasteiger partial charge in [0.25, 0.3) is 0 Å². The van der Waals surface area contributed by atoms with Gasteiger partial charge in [-0.3, -0.25) is 4.90 Å². The van der Waals surface area contributed by atoms with Crippen LogP contribution in [-0.4, -0.2) is 23.0 Å². The van der Waals surface area contributed by atoms with Crippen LogP contribution < -0.4 is 0 Å². The highest BCUT2D eigenvalue weighted by Crippen LogP contribution is 2.26. The van der Waals surface area contributed by atoms with Gasteiger partial charge in [0.05, 0.1) is 12.5 Å². The summed E-state index contributed by atoms with van der Waals surface area (Å²) in [6.07, 6.45) is 1.29. The van der Waals surface area contributed by atoms with Gasteiger partial charge in [-0.2, -0.15) is 5.26 Å². The van der Waals surface area contributed by atoms with Crippen LogP contribution in [0.2, 0.25) is 0 Å². The highest BCUT2D eigenvalue weighted by atomic mass is 16.6. The van der Waals surface area contributed by atoms with Crippen molar-refractivity contribution in [1.29, 1.82) is 5.26 Å². The number of nitriles is 1. The Bertz CT molecular complexity index is 888. The Morgan fingerprint density at radius 1 is 0.964 bits per heavy atom. The molecule has 2 aromatic rings. The summed E-state index contributed by atoms with van der Waals surface area (Å²) in [5, 5.41) is 8.94. The monoisotopic (exact) mass is 376 g/mol. The second kappa shape index (κ2) is 9.38. The van der Waals surface area contributed by atoms with E-state index in [-0.39, 0.29) is 26.1 Å². The maximum Gasteiger partial charge on any atom is 0.414 e. The van der Waals surface area contributed by atoms with E-state index in [9.17, 15) is 9.59 Å². The van der Waals surface area contributed by atoms with Crippen LogP contribution in [0.15, 0.2) is 72.4 Å². The van der Waals surface area contributed by atoms with E-state index in [0.717, 1.165) is 11.1 Å². The van der Waals surface area contributed by atoms with E-state index in [0.29, 0.717) is 5.57 Å². The number of hydrogen-bond donors (Lipinski definition) is 0. The summed E-state index contributed by atoms with van der Waals surface area (Å²) >= 11 is 0. The van der Waals surface area contributed by atoms with Crippen molar-refractivity contribution in [2.45, 2.75) is 32.1 Å². The molecule has 0 aromatic heterocycles. The molecule has 6 heteroatoms. The summed E-state index contributed by atoms with van der Waals surface area (Å²) in [5.74, 6) is -0.523. The fraction of sp³-hybridized carbons (Fsp3) is 0.227. The predicted molar refractivity (Wildman–Crippen MR) is 101 cm³/mol. The molecule has 0 radical (unpaired) electrons. The topological polar surface area (TPSA) is 79.6 Å². The molecule has 1 heterocycles. The van der Waals surface area contributed by atoms with E-state index in [2.05, 4.69) is 0 Å². The number of carbonyl (C=O) groups is 2. The Kier molecular flexibility index (Phi) is 6.42. The summed E-state index contributed by atoms with van der Waals surface area (Å²) in [6.45, 7) is 0.222. The molecule has 0 unspecified atom stereocenters. The molecular weight excluding hydrogens is 356 g/mol. The predicted octanol–water partition coefficient (Wildman–Crippen LogP) is 3.94. The van der Waals surface area contributed by atoms with Gasteiger partial charge in [-0.25, -0.2) is 9.59 Å². The van der Waals surface area contributed by atoms with Crippen LogP contribution in [0, 0.1) is 11.3 Å². The lowest BCUT2D eigenvalue weighted by molar-refractivity contribution is -0.149. The first kappa shape index (κ1) is 19.2. The highest BCUT2D eigenvalue weighted by Gasteiger charge is 2.36. The highest BCUT2D eigenvalue weighted by molar-refractivity contribution is 5.83. The third-order valence-electron chi connectivity index (χ3n) is 4.33. The molecule has 28 heavy (non-hydrogen) atoms. The van der Waals surface area contributed by atoms with Crippen molar-refractivity contribution in [2.24, 2.45) is 0 Å². The molecule has 6 nitrogen and oxygen atoms in total. The number of carbonyl (C=O) groups excluding carboxylic acids is 2. The number of benzene rings is 2. The zero-order chi connectivity index (χ0) is 19.8. The van der Waals surface area contributed by atoms with Crippen molar-refractivity contribution in [2.75, 3.05) is 0 Å². The van der Waals surface area contributed by atoms with Gasteiger partial charge in [-0.1, -0.05) is 60.7 Å². The summed E-state index contributed by atoms with van der Waals surface area (Å²) in [5.41, 5.74) is 2.40. The van der Waals surface area contributed by atoms with Crippen molar-refractivity contribution < 1.29 is 19.1 Å². The molecule has 1 atom stereocenters. The standard InChI is InChI=1S/C22H20N2O4/c23-12-11-19-13-20(21(25)27-15-17-7-3-1-4-8-17)24(14-19)22(26)28-16-18-9-5-2-6-10-18/h1-10,14,20H,11,13,15-16H2/t20-/m0/s1. The molecule has 142 valence electrons. The number of ether oxygens (including phenoxy) is 2. The molecule has 0 spiro atoms. The minimum atomic E-state index is -0.824. The van der Waals surface area contributed by atoms with E-state index < -0.39 is 18.1 Å². The summed E-state index contributed by atoms with van der Waals surface area (Å²) in [7, 11) is 0. The van der Waals surface area contributed by atoms with E-state index in [1.54, 1.807) is 0 Å². The van der Waals surface area contributed by atoms with Crippen molar-refractivity contribution in [3.05, 3.63) is 83.6 Å². The molecule has 1 aliphatic heterocycles. The Hall–Kier alpha value is -3.59. The SMILES string of the molecule is N#CCC1=CN(C(=O)OCc2ccccc2)[C@H](C(=O)OCc2ccccc2)C1. The van der Waals surface area contributed by atoms with Gasteiger partial charge in [0.2, 0.25) is 0 Å². The molecule has 1 aliphatic rings.